The molecule has 0 aliphatic heterocycles. The lowest BCUT2D eigenvalue weighted by molar-refractivity contribution is 0.415. The number of aromatic nitrogens is 2. The Morgan fingerprint density at radius 2 is 2.16 bits per heavy atom. The van der Waals surface area contributed by atoms with E-state index < -0.39 is 0 Å². The van der Waals surface area contributed by atoms with Crippen molar-refractivity contribution in [2.24, 2.45) is 0 Å². The summed E-state index contributed by atoms with van der Waals surface area (Å²) >= 11 is 7.31. The third kappa shape index (κ3) is 3.54. The molecule has 1 heterocycles. The van der Waals surface area contributed by atoms with Crippen molar-refractivity contribution in [3.63, 3.8) is 0 Å². The second-order valence-corrected chi connectivity index (χ2v) is 5.89. The maximum atomic E-state index is 5.40. The van der Waals surface area contributed by atoms with Crippen LogP contribution in [-0.2, 0) is 6.54 Å². The standard InChI is InChI=1S/C14H20N2OS2/c1-17-11-6-7-12-13(10-11)16(14(18)15-12)8-4-3-5-9-19-2/h6-7,10H,3-5,8-9H2,1-2H3,(H,15,18). The lowest BCUT2D eigenvalue weighted by Gasteiger charge is -2.05. The number of rotatable bonds is 7. The van der Waals surface area contributed by atoms with Crippen LogP contribution in [0.25, 0.3) is 11.0 Å². The van der Waals surface area contributed by atoms with E-state index in [0.29, 0.717) is 0 Å². The summed E-state index contributed by atoms with van der Waals surface area (Å²) in [6.45, 7) is 0.973. The van der Waals surface area contributed by atoms with Crippen LogP contribution in [0.15, 0.2) is 18.2 Å². The highest BCUT2D eigenvalue weighted by molar-refractivity contribution is 7.98. The van der Waals surface area contributed by atoms with Crippen molar-refractivity contribution in [2.75, 3.05) is 19.1 Å². The monoisotopic (exact) mass is 296 g/mol. The van der Waals surface area contributed by atoms with Gasteiger partial charge >= 0.3 is 0 Å². The average molecular weight is 296 g/mol. The first kappa shape index (κ1) is 14.5. The van der Waals surface area contributed by atoms with E-state index in [1.54, 1.807) is 7.11 Å². The first-order chi connectivity index (χ1) is 9.26. The van der Waals surface area contributed by atoms with E-state index in [0.717, 1.165) is 28.1 Å². The zero-order valence-electron chi connectivity index (χ0n) is 11.4. The second-order valence-electron chi connectivity index (χ2n) is 4.52. The zero-order chi connectivity index (χ0) is 13.7. The first-order valence-electron chi connectivity index (χ1n) is 6.51. The molecule has 0 bridgehead atoms. The molecule has 0 unspecified atom stereocenters. The van der Waals surface area contributed by atoms with Gasteiger partial charge in [-0.15, -0.1) is 0 Å². The van der Waals surface area contributed by atoms with Gasteiger partial charge in [0.25, 0.3) is 0 Å². The molecular formula is C14H20N2OS2. The Morgan fingerprint density at radius 1 is 1.32 bits per heavy atom. The molecule has 0 radical (unpaired) electrons. The molecule has 5 heteroatoms. The summed E-state index contributed by atoms with van der Waals surface area (Å²) in [5, 5.41) is 0. The Hall–Kier alpha value is -0.940. The van der Waals surface area contributed by atoms with Crippen molar-refractivity contribution >= 4 is 35.0 Å². The summed E-state index contributed by atoms with van der Waals surface area (Å²) in [5.74, 6) is 2.12. The largest absolute Gasteiger partial charge is 0.497 e. The summed E-state index contributed by atoms with van der Waals surface area (Å²) in [6.07, 6.45) is 5.85. The van der Waals surface area contributed by atoms with Crippen molar-refractivity contribution in [1.82, 2.24) is 9.55 Å². The minimum absolute atomic E-state index is 0.799. The van der Waals surface area contributed by atoms with Gasteiger partial charge in [-0.25, -0.2) is 0 Å². The van der Waals surface area contributed by atoms with Gasteiger partial charge in [-0.1, -0.05) is 6.42 Å². The molecule has 1 N–H and O–H groups in total. The van der Waals surface area contributed by atoms with Crippen LogP contribution in [0.5, 0.6) is 5.75 Å². The van der Waals surface area contributed by atoms with Crippen LogP contribution >= 0.6 is 24.0 Å². The molecule has 0 saturated carbocycles. The molecule has 0 spiro atoms. The number of hydrogen-bond donors (Lipinski definition) is 1. The zero-order valence-corrected chi connectivity index (χ0v) is 13.1. The van der Waals surface area contributed by atoms with Crippen LogP contribution in [0.4, 0.5) is 0 Å². The van der Waals surface area contributed by atoms with E-state index in [-0.39, 0.29) is 0 Å². The molecule has 2 rings (SSSR count). The lowest BCUT2D eigenvalue weighted by atomic mass is 10.2. The first-order valence-corrected chi connectivity index (χ1v) is 8.32. The minimum atomic E-state index is 0.799. The SMILES string of the molecule is COc1ccc2[nH]c(=S)n(CCCCCSC)c2c1. The Bertz CT molecular complexity index is 589. The van der Waals surface area contributed by atoms with Gasteiger partial charge in [0.15, 0.2) is 4.77 Å². The second kappa shape index (κ2) is 7.01. The summed E-state index contributed by atoms with van der Waals surface area (Å²) < 4.78 is 8.25. The van der Waals surface area contributed by atoms with Crippen molar-refractivity contribution in [3.05, 3.63) is 23.0 Å². The Morgan fingerprint density at radius 3 is 2.89 bits per heavy atom. The number of hydrogen-bond acceptors (Lipinski definition) is 3. The summed E-state index contributed by atoms with van der Waals surface area (Å²) in [4.78, 5) is 3.25. The molecule has 0 aliphatic carbocycles. The van der Waals surface area contributed by atoms with Gasteiger partial charge in [0.05, 0.1) is 18.1 Å². The number of methoxy groups -OCH3 is 1. The van der Waals surface area contributed by atoms with Crippen LogP contribution in [-0.4, -0.2) is 28.7 Å². The van der Waals surface area contributed by atoms with Gasteiger partial charge < -0.3 is 14.3 Å². The Kier molecular flexibility index (Phi) is 5.34. The van der Waals surface area contributed by atoms with Crippen molar-refractivity contribution in [1.29, 1.82) is 0 Å². The number of H-pyrrole nitrogens is 1. The van der Waals surface area contributed by atoms with Crippen LogP contribution in [0, 0.1) is 4.77 Å². The fourth-order valence-corrected chi connectivity index (χ4v) is 2.97. The third-order valence-corrected chi connectivity index (χ3v) is 4.23. The van der Waals surface area contributed by atoms with E-state index >= 15 is 0 Å². The number of nitrogens with zero attached hydrogens (tertiary/aromatic N) is 1. The van der Waals surface area contributed by atoms with Crippen LogP contribution in [0.2, 0.25) is 0 Å². The predicted molar refractivity (Wildman–Crippen MR) is 85.9 cm³/mol. The molecule has 2 aromatic rings. The minimum Gasteiger partial charge on any atom is -0.497 e. The van der Waals surface area contributed by atoms with Gasteiger partial charge in [-0.05, 0) is 49.2 Å². The number of benzene rings is 1. The van der Waals surface area contributed by atoms with Gasteiger partial charge in [0.1, 0.15) is 5.75 Å². The third-order valence-electron chi connectivity index (χ3n) is 3.21. The fourth-order valence-electron chi connectivity index (χ4n) is 2.17. The fraction of sp³-hybridized carbons (Fsp3) is 0.500. The molecule has 0 amide bonds. The van der Waals surface area contributed by atoms with Crippen molar-refractivity contribution in [2.45, 2.75) is 25.8 Å². The van der Waals surface area contributed by atoms with E-state index in [1.807, 2.05) is 30.0 Å². The molecule has 104 valence electrons. The maximum absolute atomic E-state index is 5.40. The average Bonchev–Trinajstić information content (AvgIpc) is 2.74. The number of aromatic amines is 1. The highest BCUT2D eigenvalue weighted by atomic mass is 32.2. The molecule has 0 aliphatic rings. The summed E-state index contributed by atoms with van der Waals surface area (Å²) in [7, 11) is 1.69. The number of nitrogens with one attached hydrogen (secondary N) is 1. The number of ether oxygens (including phenoxy) is 1. The van der Waals surface area contributed by atoms with E-state index in [2.05, 4.69) is 15.8 Å². The lowest BCUT2D eigenvalue weighted by Crippen LogP contribution is -1.98. The summed E-state index contributed by atoms with van der Waals surface area (Å²) in [5.41, 5.74) is 2.21. The van der Waals surface area contributed by atoms with Crippen LogP contribution in [0.1, 0.15) is 19.3 Å². The smallest absolute Gasteiger partial charge is 0.178 e. The Balaban J connectivity index is 2.12. The van der Waals surface area contributed by atoms with E-state index in [4.69, 9.17) is 17.0 Å². The highest BCUT2D eigenvalue weighted by Gasteiger charge is 2.05. The number of unbranched alkanes of at least 4 members (excludes halogenated alkanes) is 2. The quantitative estimate of drug-likeness (QED) is 0.612. The van der Waals surface area contributed by atoms with E-state index in [1.165, 1.54) is 25.0 Å². The predicted octanol–water partition coefficient (Wildman–Crippen LogP) is 4.24. The molecule has 19 heavy (non-hydrogen) atoms. The maximum Gasteiger partial charge on any atom is 0.178 e. The summed E-state index contributed by atoms with van der Waals surface area (Å²) in [6, 6.07) is 6.02. The number of thioether (sulfide) groups is 1. The normalized spacial score (nSPS) is 11.1. The highest BCUT2D eigenvalue weighted by Crippen LogP contribution is 2.21. The number of imidazole rings is 1. The van der Waals surface area contributed by atoms with Gasteiger partial charge in [-0.2, -0.15) is 11.8 Å². The molecule has 0 fully saturated rings. The van der Waals surface area contributed by atoms with Crippen molar-refractivity contribution < 1.29 is 4.74 Å². The number of aryl methyl sites for hydroxylation is 1. The van der Waals surface area contributed by atoms with Gasteiger partial charge in [0.2, 0.25) is 0 Å². The molecule has 1 aromatic carbocycles. The van der Waals surface area contributed by atoms with Crippen LogP contribution in [0.3, 0.4) is 0 Å². The molecule has 3 nitrogen and oxygen atoms in total. The van der Waals surface area contributed by atoms with E-state index in [9.17, 15) is 0 Å². The molecule has 0 atom stereocenters. The van der Waals surface area contributed by atoms with Crippen LogP contribution < -0.4 is 4.74 Å². The van der Waals surface area contributed by atoms with Crippen molar-refractivity contribution in [3.8, 4) is 5.75 Å². The topological polar surface area (TPSA) is 29.9 Å². The number of fused-ring (bicyclic) bond motifs is 1. The molecule has 1 aromatic heterocycles. The van der Waals surface area contributed by atoms with Gasteiger partial charge in [0, 0.05) is 12.6 Å². The molecular weight excluding hydrogens is 276 g/mol. The molecule has 0 saturated heterocycles. The van der Waals surface area contributed by atoms with Gasteiger partial charge in [-0.3, -0.25) is 0 Å². The Labute approximate surface area is 123 Å².